The molecule has 6 heteroatoms. The molecule has 0 aliphatic heterocycles. The third-order valence-corrected chi connectivity index (χ3v) is 14.2. The summed E-state index contributed by atoms with van der Waals surface area (Å²) in [6.45, 7) is 6.50. The summed E-state index contributed by atoms with van der Waals surface area (Å²) in [6, 6.07) is 0. The van der Waals surface area contributed by atoms with Crippen molar-refractivity contribution in [3.63, 3.8) is 0 Å². The van der Waals surface area contributed by atoms with Crippen LogP contribution < -0.4 is 0 Å². The first-order valence-electron chi connectivity index (χ1n) is 33.4. The molecular formula is C73H124O6. The van der Waals surface area contributed by atoms with Crippen LogP contribution in [-0.4, -0.2) is 37.2 Å². The minimum atomic E-state index is -0.797. The molecule has 79 heavy (non-hydrogen) atoms. The van der Waals surface area contributed by atoms with Crippen molar-refractivity contribution in [1.29, 1.82) is 0 Å². The molecule has 0 bridgehead atoms. The van der Waals surface area contributed by atoms with Crippen LogP contribution in [0.15, 0.2) is 109 Å². The number of allylic oxidation sites excluding steroid dienone is 18. The molecule has 0 amide bonds. The number of carbonyl (C=O) groups is 3. The molecule has 1 atom stereocenters. The first-order chi connectivity index (χ1) is 39.0. The average Bonchev–Trinajstić information content (AvgIpc) is 3.45. The zero-order valence-corrected chi connectivity index (χ0v) is 51.9. The van der Waals surface area contributed by atoms with Gasteiger partial charge in [0.15, 0.2) is 6.10 Å². The van der Waals surface area contributed by atoms with Crippen molar-refractivity contribution in [1.82, 2.24) is 0 Å². The van der Waals surface area contributed by atoms with Crippen LogP contribution in [0.2, 0.25) is 0 Å². The van der Waals surface area contributed by atoms with E-state index < -0.39 is 6.10 Å². The summed E-state index contributed by atoms with van der Waals surface area (Å²) in [7, 11) is 0. The van der Waals surface area contributed by atoms with Gasteiger partial charge in [-0.1, -0.05) is 278 Å². The third kappa shape index (κ3) is 64.8. The van der Waals surface area contributed by atoms with E-state index in [9.17, 15) is 14.4 Å². The van der Waals surface area contributed by atoms with E-state index in [-0.39, 0.29) is 31.1 Å². The van der Waals surface area contributed by atoms with Crippen molar-refractivity contribution >= 4 is 17.9 Å². The Hall–Kier alpha value is -3.93. The lowest BCUT2D eigenvalue weighted by molar-refractivity contribution is -0.167. The lowest BCUT2D eigenvalue weighted by Crippen LogP contribution is -2.30. The first-order valence-corrected chi connectivity index (χ1v) is 33.4. The second-order valence-electron chi connectivity index (χ2n) is 22.0. The molecular weight excluding hydrogens is 973 g/mol. The molecule has 452 valence electrons. The Kier molecular flexibility index (Phi) is 63.3. The van der Waals surface area contributed by atoms with E-state index in [1.54, 1.807) is 0 Å². The van der Waals surface area contributed by atoms with E-state index in [0.717, 1.165) is 128 Å². The maximum atomic E-state index is 12.9. The van der Waals surface area contributed by atoms with Gasteiger partial charge in [0.05, 0.1) is 0 Å². The number of carbonyl (C=O) groups excluding carboxylic acids is 3. The summed E-state index contributed by atoms with van der Waals surface area (Å²) in [5, 5.41) is 0. The highest BCUT2D eigenvalue weighted by Gasteiger charge is 2.19. The van der Waals surface area contributed by atoms with Gasteiger partial charge in [-0.15, -0.1) is 0 Å². The summed E-state index contributed by atoms with van der Waals surface area (Å²) in [4.78, 5) is 38.4. The van der Waals surface area contributed by atoms with Gasteiger partial charge in [-0.3, -0.25) is 14.4 Å². The summed E-state index contributed by atoms with van der Waals surface area (Å²) >= 11 is 0. The highest BCUT2D eigenvalue weighted by atomic mass is 16.6. The number of esters is 3. The summed E-state index contributed by atoms with van der Waals surface area (Å²) < 4.78 is 17.0. The fourth-order valence-corrected chi connectivity index (χ4v) is 9.24. The van der Waals surface area contributed by atoms with Crippen LogP contribution in [0.3, 0.4) is 0 Å². The van der Waals surface area contributed by atoms with Crippen molar-refractivity contribution in [2.75, 3.05) is 13.2 Å². The van der Waals surface area contributed by atoms with Gasteiger partial charge in [0.2, 0.25) is 0 Å². The number of hydrogen-bond donors (Lipinski definition) is 0. The van der Waals surface area contributed by atoms with Crippen LogP contribution in [0.1, 0.15) is 316 Å². The van der Waals surface area contributed by atoms with E-state index in [1.165, 1.54) is 148 Å². The molecule has 0 radical (unpaired) electrons. The predicted octanol–water partition coefficient (Wildman–Crippen LogP) is 23.0. The van der Waals surface area contributed by atoms with Gasteiger partial charge >= 0.3 is 17.9 Å². The third-order valence-electron chi connectivity index (χ3n) is 14.2. The molecule has 0 saturated heterocycles. The van der Waals surface area contributed by atoms with Crippen LogP contribution in [0.4, 0.5) is 0 Å². The quantitative estimate of drug-likeness (QED) is 0.0261. The highest BCUT2D eigenvalue weighted by Crippen LogP contribution is 2.16. The average molecular weight is 1100 g/mol. The molecule has 0 aromatic heterocycles. The van der Waals surface area contributed by atoms with E-state index in [4.69, 9.17) is 14.2 Å². The Morgan fingerprint density at radius 3 is 0.797 bits per heavy atom. The molecule has 6 nitrogen and oxygen atoms in total. The molecule has 0 heterocycles. The first kappa shape index (κ1) is 75.1. The summed E-state index contributed by atoms with van der Waals surface area (Å²) in [6.07, 6.45) is 90.9. The molecule has 0 aromatic rings. The zero-order chi connectivity index (χ0) is 57.1. The second-order valence-corrected chi connectivity index (χ2v) is 22.0. The molecule has 0 aliphatic rings. The van der Waals surface area contributed by atoms with E-state index >= 15 is 0 Å². The Morgan fingerprint density at radius 1 is 0.266 bits per heavy atom. The Balaban J connectivity index is 4.42. The van der Waals surface area contributed by atoms with Gasteiger partial charge in [-0.25, -0.2) is 0 Å². The number of hydrogen-bond acceptors (Lipinski definition) is 6. The van der Waals surface area contributed by atoms with Crippen molar-refractivity contribution < 1.29 is 28.6 Å². The van der Waals surface area contributed by atoms with E-state index in [0.29, 0.717) is 19.3 Å². The topological polar surface area (TPSA) is 78.9 Å². The van der Waals surface area contributed by atoms with Crippen molar-refractivity contribution in [2.24, 2.45) is 0 Å². The van der Waals surface area contributed by atoms with E-state index in [2.05, 4.69) is 130 Å². The van der Waals surface area contributed by atoms with Crippen LogP contribution in [0, 0.1) is 0 Å². The van der Waals surface area contributed by atoms with Crippen molar-refractivity contribution in [3.8, 4) is 0 Å². The minimum Gasteiger partial charge on any atom is -0.462 e. The smallest absolute Gasteiger partial charge is 0.306 e. The van der Waals surface area contributed by atoms with Crippen LogP contribution >= 0.6 is 0 Å². The van der Waals surface area contributed by atoms with Gasteiger partial charge in [-0.05, 0) is 128 Å². The molecule has 0 fully saturated rings. The maximum absolute atomic E-state index is 12.9. The lowest BCUT2D eigenvalue weighted by atomic mass is 10.0. The number of ether oxygens (including phenoxy) is 3. The second kappa shape index (κ2) is 66.6. The van der Waals surface area contributed by atoms with Gasteiger partial charge in [-0.2, -0.15) is 0 Å². The highest BCUT2D eigenvalue weighted by molar-refractivity contribution is 5.71. The Labute approximate surface area is 489 Å². The maximum Gasteiger partial charge on any atom is 0.306 e. The molecule has 1 unspecified atom stereocenters. The molecule has 0 rings (SSSR count). The molecule has 0 aliphatic carbocycles. The van der Waals surface area contributed by atoms with Crippen molar-refractivity contribution in [2.45, 2.75) is 322 Å². The standard InChI is InChI=1S/C73H124O6/c1-4-7-10-13-16-19-22-25-28-31-33-35-36-38-39-42-45-48-51-54-57-60-63-66-72(75)78-69-70(68-77-71(74)65-62-59-56-53-50-47-44-41-30-27-24-21-18-15-12-9-6-3)79-73(76)67-64-61-58-55-52-49-46-43-40-37-34-32-29-26-23-20-17-14-11-8-5-2/h8,11,17-18,20-22,25-27,29-31,33-34,37,43,46,70H,4-7,9-10,12-16,19,23-24,28,32,35-36,38-42,44-45,47-69H2,1-3H3/b11-8-,20-17-,21-18-,25-22-,29-26-,30-27-,33-31-,37-34-,46-43-. The SMILES string of the molecule is CC/C=C\C/C=C\C/C=C\C/C=C\C/C=C\CCCCCCCC(=O)OC(COC(=O)CCCCCCCCC/C=C\C/C=C\CCCCC)COC(=O)CCCCCCCCCCCCC/C=C\C/C=C\CCCCCCC. The van der Waals surface area contributed by atoms with Gasteiger partial charge in [0.25, 0.3) is 0 Å². The Morgan fingerprint density at radius 2 is 0.494 bits per heavy atom. The number of unbranched alkanes of at least 4 members (excludes halogenated alkanes) is 31. The zero-order valence-electron chi connectivity index (χ0n) is 51.9. The van der Waals surface area contributed by atoms with Crippen LogP contribution in [-0.2, 0) is 28.6 Å². The number of rotatable bonds is 60. The minimum absolute atomic E-state index is 0.0900. The molecule has 0 aromatic carbocycles. The summed E-state index contributed by atoms with van der Waals surface area (Å²) in [5.74, 6) is -0.909. The van der Waals surface area contributed by atoms with Crippen LogP contribution in [0.5, 0.6) is 0 Å². The fraction of sp³-hybridized carbons (Fsp3) is 0.712. The normalized spacial score (nSPS) is 12.8. The predicted molar refractivity (Wildman–Crippen MR) is 343 cm³/mol. The van der Waals surface area contributed by atoms with E-state index in [1.807, 2.05) is 0 Å². The molecule has 0 spiro atoms. The monoisotopic (exact) mass is 1100 g/mol. The summed E-state index contributed by atoms with van der Waals surface area (Å²) in [5.41, 5.74) is 0. The molecule has 0 N–H and O–H groups in total. The Bertz CT molecular complexity index is 1590. The van der Waals surface area contributed by atoms with Gasteiger partial charge < -0.3 is 14.2 Å². The lowest BCUT2D eigenvalue weighted by Gasteiger charge is -2.18. The largest absolute Gasteiger partial charge is 0.462 e. The van der Waals surface area contributed by atoms with Crippen LogP contribution in [0.25, 0.3) is 0 Å². The van der Waals surface area contributed by atoms with Gasteiger partial charge in [0, 0.05) is 19.3 Å². The fourth-order valence-electron chi connectivity index (χ4n) is 9.24. The van der Waals surface area contributed by atoms with Gasteiger partial charge in [0.1, 0.15) is 13.2 Å². The van der Waals surface area contributed by atoms with Crippen molar-refractivity contribution in [3.05, 3.63) is 109 Å². The molecule has 0 saturated carbocycles.